The molecule has 1 aromatic carbocycles. The molecule has 0 saturated heterocycles. The summed E-state index contributed by atoms with van der Waals surface area (Å²) in [6.07, 6.45) is 4.44. The summed E-state index contributed by atoms with van der Waals surface area (Å²) in [5, 5.41) is 12.9. The minimum absolute atomic E-state index is 0.0586. The van der Waals surface area contributed by atoms with Gasteiger partial charge in [0.05, 0.1) is 6.10 Å². The molecule has 1 saturated carbocycles. The van der Waals surface area contributed by atoms with Crippen LogP contribution in [-0.4, -0.2) is 23.7 Å². The number of rotatable bonds is 4. The number of carbonyl (C=O) groups is 1. The van der Waals surface area contributed by atoms with Crippen LogP contribution >= 0.6 is 0 Å². The quantitative estimate of drug-likeness (QED) is 0.867. The molecule has 2 aliphatic rings. The van der Waals surface area contributed by atoms with Gasteiger partial charge in [-0.15, -0.1) is 0 Å². The Kier molecular flexibility index (Phi) is 3.42. The fourth-order valence-corrected chi connectivity index (χ4v) is 2.57. The summed E-state index contributed by atoms with van der Waals surface area (Å²) in [5.74, 6) is 0.679. The van der Waals surface area contributed by atoms with Crippen LogP contribution in [-0.2, 0) is 11.2 Å². The highest BCUT2D eigenvalue weighted by Gasteiger charge is 2.24. The van der Waals surface area contributed by atoms with Gasteiger partial charge in [-0.05, 0) is 49.3 Å². The average molecular weight is 261 g/mol. The van der Waals surface area contributed by atoms with Crippen molar-refractivity contribution in [3.05, 3.63) is 29.3 Å². The molecule has 19 heavy (non-hydrogen) atoms. The first-order valence-electron chi connectivity index (χ1n) is 6.96. The van der Waals surface area contributed by atoms with Gasteiger partial charge < -0.3 is 15.2 Å². The van der Waals surface area contributed by atoms with Crippen molar-refractivity contribution in [2.75, 3.05) is 6.61 Å². The minimum Gasteiger partial charge on any atom is -0.483 e. The molecular weight excluding hydrogens is 242 g/mol. The molecule has 1 aromatic rings. The van der Waals surface area contributed by atoms with E-state index in [2.05, 4.69) is 5.32 Å². The molecular formula is C15H19NO3. The zero-order chi connectivity index (χ0) is 13.2. The summed E-state index contributed by atoms with van der Waals surface area (Å²) >= 11 is 0. The Morgan fingerprint density at radius 3 is 3.00 bits per heavy atom. The molecule has 2 aliphatic carbocycles. The molecule has 1 fully saturated rings. The van der Waals surface area contributed by atoms with Gasteiger partial charge in [0.1, 0.15) is 5.75 Å². The van der Waals surface area contributed by atoms with E-state index in [9.17, 15) is 9.90 Å². The first-order valence-corrected chi connectivity index (χ1v) is 6.96. The number of hydrogen-bond acceptors (Lipinski definition) is 3. The van der Waals surface area contributed by atoms with E-state index in [4.69, 9.17) is 4.74 Å². The molecule has 1 unspecified atom stereocenters. The normalized spacial score (nSPS) is 21.6. The van der Waals surface area contributed by atoms with Crippen LogP contribution in [0.5, 0.6) is 5.75 Å². The highest BCUT2D eigenvalue weighted by atomic mass is 16.5. The number of benzene rings is 1. The fraction of sp³-hybridized carbons (Fsp3) is 0.533. The molecule has 0 spiro atoms. The third-order valence-corrected chi connectivity index (χ3v) is 3.73. The van der Waals surface area contributed by atoms with Crippen molar-refractivity contribution in [3.8, 4) is 5.75 Å². The first kappa shape index (κ1) is 12.5. The van der Waals surface area contributed by atoms with Crippen LogP contribution in [0.1, 0.15) is 42.9 Å². The predicted octanol–water partition coefficient (Wildman–Crippen LogP) is 1.71. The second kappa shape index (κ2) is 5.21. The lowest BCUT2D eigenvalue weighted by Gasteiger charge is -2.23. The van der Waals surface area contributed by atoms with Crippen molar-refractivity contribution in [3.63, 3.8) is 0 Å². The number of fused-ring (bicyclic) bond motifs is 1. The van der Waals surface area contributed by atoms with Crippen LogP contribution in [0.25, 0.3) is 0 Å². The standard InChI is InChI=1S/C15H19NO3/c17-13-5-1-4-12-11(13)3-2-6-14(12)19-9-15(18)16-10-7-8-10/h2-3,6,10,13,17H,1,4-5,7-9H2,(H,16,18). The summed E-state index contributed by atoms with van der Waals surface area (Å²) in [6, 6.07) is 6.06. The van der Waals surface area contributed by atoms with E-state index in [1.807, 2.05) is 18.2 Å². The second-order valence-corrected chi connectivity index (χ2v) is 5.36. The first-order chi connectivity index (χ1) is 9.24. The lowest BCUT2D eigenvalue weighted by Crippen LogP contribution is -2.30. The van der Waals surface area contributed by atoms with Crippen molar-refractivity contribution >= 4 is 5.91 Å². The van der Waals surface area contributed by atoms with E-state index < -0.39 is 6.10 Å². The zero-order valence-electron chi connectivity index (χ0n) is 10.9. The van der Waals surface area contributed by atoms with E-state index >= 15 is 0 Å². The van der Waals surface area contributed by atoms with Gasteiger partial charge in [-0.2, -0.15) is 0 Å². The van der Waals surface area contributed by atoms with Crippen LogP contribution in [0, 0.1) is 0 Å². The fourth-order valence-electron chi connectivity index (χ4n) is 2.57. The molecule has 0 aromatic heterocycles. The summed E-state index contributed by atoms with van der Waals surface area (Å²) in [5.41, 5.74) is 2.01. The number of amides is 1. The molecule has 0 bridgehead atoms. The molecule has 4 nitrogen and oxygen atoms in total. The van der Waals surface area contributed by atoms with Gasteiger partial charge in [0.25, 0.3) is 5.91 Å². The molecule has 1 amide bonds. The number of aliphatic hydroxyl groups is 1. The van der Waals surface area contributed by atoms with Gasteiger partial charge in [0, 0.05) is 6.04 Å². The van der Waals surface area contributed by atoms with Crippen molar-refractivity contribution in [1.29, 1.82) is 0 Å². The number of ether oxygens (including phenoxy) is 1. The molecule has 3 rings (SSSR count). The van der Waals surface area contributed by atoms with Crippen molar-refractivity contribution in [2.24, 2.45) is 0 Å². The van der Waals surface area contributed by atoms with Crippen LogP contribution in [0.4, 0.5) is 0 Å². The highest BCUT2D eigenvalue weighted by molar-refractivity contribution is 5.78. The van der Waals surface area contributed by atoms with E-state index in [0.717, 1.165) is 49.0 Å². The summed E-state index contributed by atoms with van der Waals surface area (Å²) in [4.78, 5) is 11.6. The van der Waals surface area contributed by atoms with Crippen LogP contribution < -0.4 is 10.1 Å². The third-order valence-electron chi connectivity index (χ3n) is 3.73. The van der Waals surface area contributed by atoms with Crippen molar-refractivity contribution in [1.82, 2.24) is 5.32 Å². The maximum Gasteiger partial charge on any atom is 0.258 e. The summed E-state index contributed by atoms with van der Waals surface area (Å²) in [7, 11) is 0. The molecule has 0 aliphatic heterocycles. The van der Waals surface area contributed by atoms with Crippen molar-refractivity contribution < 1.29 is 14.6 Å². The largest absolute Gasteiger partial charge is 0.483 e. The van der Waals surface area contributed by atoms with E-state index in [1.165, 1.54) is 0 Å². The topological polar surface area (TPSA) is 58.6 Å². The van der Waals surface area contributed by atoms with Gasteiger partial charge >= 0.3 is 0 Å². The zero-order valence-corrected chi connectivity index (χ0v) is 10.9. The van der Waals surface area contributed by atoms with Gasteiger partial charge in [-0.25, -0.2) is 0 Å². The Morgan fingerprint density at radius 1 is 1.37 bits per heavy atom. The number of aliphatic hydroxyl groups excluding tert-OH is 1. The Balaban J connectivity index is 1.66. The predicted molar refractivity (Wildman–Crippen MR) is 71.0 cm³/mol. The van der Waals surface area contributed by atoms with E-state index in [-0.39, 0.29) is 12.5 Å². The molecule has 0 heterocycles. The van der Waals surface area contributed by atoms with Gasteiger partial charge in [0.15, 0.2) is 6.61 Å². The van der Waals surface area contributed by atoms with Crippen LogP contribution in [0.2, 0.25) is 0 Å². The molecule has 1 atom stereocenters. The highest BCUT2D eigenvalue weighted by Crippen LogP contribution is 2.35. The monoisotopic (exact) mass is 261 g/mol. The molecule has 0 radical (unpaired) electrons. The average Bonchev–Trinajstić information content (AvgIpc) is 3.21. The van der Waals surface area contributed by atoms with E-state index in [0.29, 0.717) is 6.04 Å². The van der Waals surface area contributed by atoms with Gasteiger partial charge in [-0.1, -0.05) is 12.1 Å². The Labute approximate surface area is 112 Å². The molecule has 2 N–H and O–H groups in total. The number of hydrogen-bond donors (Lipinski definition) is 2. The van der Waals surface area contributed by atoms with Crippen LogP contribution in [0.15, 0.2) is 18.2 Å². The number of carbonyl (C=O) groups excluding carboxylic acids is 1. The maximum absolute atomic E-state index is 11.6. The van der Waals surface area contributed by atoms with Gasteiger partial charge in [-0.3, -0.25) is 4.79 Å². The number of nitrogens with one attached hydrogen (secondary N) is 1. The lowest BCUT2D eigenvalue weighted by atomic mass is 9.89. The Hall–Kier alpha value is -1.55. The van der Waals surface area contributed by atoms with Crippen LogP contribution in [0.3, 0.4) is 0 Å². The Bertz CT molecular complexity index is 482. The van der Waals surface area contributed by atoms with Gasteiger partial charge in [0.2, 0.25) is 0 Å². The Morgan fingerprint density at radius 2 is 2.21 bits per heavy atom. The minimum atomic E-state index is -0.396. The lowest BCUT2D eigenvalue weighted by molar-refractivity contribution is -0.123. The second-order valence-electron chi connectivity index (χ2n) is 5.36. The SMILES string of the molecule is O=C(COc1cccc2c1CCCC2O)NC1CC1. The molecule has 4 heteroatoms. The molecule has 102 valence electrons. The maximum atomic E-state index is 11.6. The summed E-state index contributed by atoms with van der Waals surface area (Å²) < 4.78 is 5.62. The van der Waals surface area contributed by atoms with E-state index in [1.54, 1.807) is 0 Å². The smallest absolute Gasteiger partial charge is 0.258 e. The van der Waals surface area contributed by atoms with Crippen molar-refractivity contribution in [2.45, 2.75) is 44.2 Å². The summed E-state index contributed by atoms with van der Waals surface area (Å²) in [6.45, 7) is 0.0586. The third kappa shape index (κ3) is 2.89.